The number of benzene rings is 1. The average Bonchev–Trinajstić information content (AvgIpc) is 3.24. The fraction of sp³-hybridized carbons (Fsp3) is 0.438. The summed E-state index contributed by atoms with van der Waals surface area (Å²) < 4.78 is 5.61. The molecule has 0 radical (unpaired) electrons. The number of carbonyl (C=O) groups is 1. The third-order valence-corrected chi connectivity index (χ3v) is 4.60. The van der Waals surface area contributed by atoms with E-state index in [-0.39, 0.29) is 30.1 Å². The molecule has 1 aliphatic rings. The van der Waals surface area contributed by atoms with E-state index in [1.807, 2.05) is 24.3 Å². The SMILES string of the molecule is CCc1ccccc1NC(=O)CSc1nnc(C2CCCN2)o1.Cl. The highest BCUT2D eigenvalue weighted by Gasteiger charge is 2.22. The molecule has 3 rings (SSSR count). The van der Waals surface area contributed by atoms with Crippen LogP contribution >= 0.6 is 24.2 Å². The molecular weight excluding hydrogens is 348 g/mol. The minimum Gasteiger partial charge on any atom is -0.414 e. The largest absolute Gasteiger partial charge is 0.414 e. The van der Waals surface area contributed by atoms with Gasteiger partial charge in [-0.15, -0.1) is 22.6 Å². The maximum atomic E-state index is 12.1. The second-order valence-electron chi connectivity index (χ2n) is 5.40. The number of thioether (sulfide) groups is 1. The topological polar surface area (TPSA) is 80.0 Å². The van der Waals surface area contributed by atoms with Gasteiger partial charge in [-0.25, -0.2) is 0 Å². The Morgan fingerprint density at radius 1 is 1.42 bits per heavy atom. The number of para-hydroxylation sites is 1. The summed E-state index contributed by atoms with van der Waals surface area (Å²) in [5.41, 5.74) is 1.99. The molecule has 0 aliphatic carbocycles. The third kappa shape index (κ3) is 4.72. The zero-order valence-electron chi connectivity index (χ0n) is 13.4. The van der Waals surface area contributed by atoms with Crippen LogP contribution in [0.4, 0.5) is 5.69 Å². The van der Waals surface area contributed by atoms with Crippen molar-refractivity contribution in [2.75, 3.05) is 17.6 Å². The molecule has 8 heteroatoms. The van der Waals surface area contributed by atoms with Gasteiger partial charge in [0.15, 0.2) is 0 Å². The van der Waals surface area contributed by atoms with Gasteiger partial charge in [0, 0.05) is 5.69 Å². The lowest BCUT2D eigenvalue weighted by Gasteiger charge is -2.08. The van der Waals surface area contributed by atoms with Gasteiger partial charge in [0.25, 0.3) is 5.22 Å². The molecule has 1 amide bonds. The number of nitrogens with zero attached hydrogens (tertiary/aromatic N) is 2. The fourth-order valence-corrected chi connectivity index (χ4v) is 3.15. The number of aromatic nitrogens is 2. The first-order valence-electron chi connectivity index (χ1n) is 7.83. The molecule has 2 heterocycles. The molecule has 6 nitrogen and oxygen atoms in total. The number of amides is 1. The summed E-state index contributed by atoms with van der Waals surface area (Å²) in [5.74, 6) is 0.786. The summed E-state index contributed by atoms with van der Waals surface area (Å²) in [6.45, 7) is 3.05. The predicted molar refractivity (Wildman–Crippen MR) is 96.7 cm³/mol. The van der Waals surface area contributed by atoms with E-state index in [4.69, 9.17) is 4.42 Å². The number of hydrogen-bond donors (Lipinski definition) is 2. The van der Waals surface area contributed by atoms with Crippen LogP contribution in [0.3, 0.4) is 0 Å². The maximum Gasteiger partial charge on any atom is 0.277 e. The van der Waals surface area contributed by atoms with Crippen molar-refractivity contribution in [1.82, 2.24) is 15.5 Å². The number of carbonyl (C=O) groups excluding carboxylic acids is 1. The number of nitrogens with one attached hydrogen (secondary N) is 2. The molecule has 1 aliphatic heterocycles. The van der Waals surface area contributed by atoms with Crippen molar-refractivity contribution in [3.8, 4) is 0 Å². The Kier molecular flexibility index (Phi) is 7.08. The highest BCUT2D eigenvalue weighted by atomic mass is 35.5. The van der Waals surface area contributed by atoms with Crippen LogP contribution in [0.5, 0.6) is 0 Å². The maximum absolute atomic E-state index is 12.1. The monoisotopic (exact) mass is 368 g/mol. The molecule has 0 spiro atoms. The molecule has 130 valence electrons. The fourth-order valence-electron chi connectivity index (χ4n) is 2.58. The molecule has 1 aromatic heterocycles. The van der Waals surface area contributed by atoms with E-state index in [0.717, 1.165) is 37.1 Å². The van der Waals surface area contributed by atoms with E-state index >= 15 is 0 Å². The Balaban J connectivity index is 0.00000208. The Morgan fingerprint density at radius 3 is 3.00 bits per heavy atom. The summed E-state index contributed by atoms with van der Waals surface area (Å²) >= 11 is 1.26. The van der Waals surface area contributed by atoms with Gasteiger partial charge in [-0.3, -0.25) is 4.79 Å². The van der Waals surface area contributed by atoms with Gasteiger partial charge in [0.1, 0.15) is 0 Å². The van der Waals surface area contributed by atoms with E-state index in [1.165, 1.54) is 11.8 Å². The lowest BCUT2D eigenvalue weighted by atomic mass is 10.1. The van der Waals surface area contributed by atoms with Gasteiger partial charge in [-0.2, -0.15) is 0 Å². The van der Waals surface area contributed by atoms with Crippen molar-refractivity contribution in [1.29, 1.82) is 0 Å². The van der Waals surface area contributed by atoms with Gasteiger partial charge in [0.05, 0.1) is 11.8 Å². The third-order valence-electron chi connectivity index (χ3n) is 3.78. The number of hydrogen-bond acceptors (Lipinski definition) is 6. The Labute approximate surface area is 151 Å². The smallest absolute Gasteiger partial charge is 0.277 e. The Hall–Kier alpha value is -1.57. The predicted octanol–water partition coefficient (Wildman–Crippen LogP) is 3.21. The van der Waals surface area contributed by atoms with Crippen molar-refractivity contribution in [3.05, 3.63) is 35.7 Å². The second-order valence-corrected chi connectivity index (χ2v) is 6.33. The normalized spacial score (nSPS) is 16.6. The van der Waals surface area contributed by atoms with Crippen LogP contribution in [-0.4, -0.2) is 28.4 Å². The molecule has 1 unspecified atom stereocenters. The Bertz CT molecular complexity index is 674. The molecular formula is C16H21ClN4O2S. The van der Waals surface area contributed by atoms with E-state index in [0.29, 0.717) is 11.1 Å². The minimum atomic E-state index is -0.0744. The molecule has 0 bridgehead atoms. The first-order chi connectivity index (χ1) is 11.3. The summed E-state index contributed by atoms with van der Waals surface area (Å²) in [7, 11) is 0. The van der Waals surface area contributed by atoms with E-state index in [1.54, 1.807) is 0 Å². The summed E-state index contributed by atoms with van der Waals surface area (Å²) in [5, 5.41) is 14.7. The van der Waals surface area contributed by atoms with Crippen LogP contribution < -0.4 is 10.6 Å². The average molecular weight is 369 g/mol. The Morgan fingerprint density at radius 2 is 2.25 bits per heavy atom. The van der Waals surface area contributed by atoms with Crippen LogP contribution in [0, 0.1) is 0 Å². The van der Waals surface area contributed by atoms with E-state index in [2.05, 4.69) is 27.8 Å². The molecule has 1 saturated heterocycles. The first kappa shape index (κ1) is 18.8. The standard InChI is InChI=1S/C16H20N4O2S.ClH/c1-2-11-6-3-4-7-12(11)18-14(21)10-23-16-20-19-15(22-16)13-8-5-9-17-13;/h3-4,6-7,13,17H,2,5,8-10H2,1H3,(H,18,21);1H. The lowest BCUT2D eigenvalue weighted by Crippen LogP contribution is -2.15. The van der Waals surface area contributed by atoms with E-state index < -0.39 is 0 Å². The zero-order chi connectivity index (χ0) is 16.1. The van der Waals surface area contributed by atoms with Crippen molar-refractivity contribution in [2.24, 2.45) is 0 Å². The molecule has 1 aromatic carbocycles. The molecule has 1 atom stereocenters. The first-order valence-corrected chi connectivity index (χ1v) is 8.82. The van der Waals surface area contributed by atoms with Crippen molar-refractivity contribution in [2.45, 2.75) is 37.5 Å². The van der Waals surface area contributed by atoms with Crippen molar-refractivity contribution >= 4 is 35.8 Å². The molecule has 24 heavy (non-hydrogen) atoms. The van der Waals surface area contributed by atoms with Gasteiger partial charge in [-0.05, 0) is 37.4 Å². The van der Waals surface area contributed by atoms with Gasteiger partial charge in [0.2, 0.25) is 11.8 Å². The molecule has 0 saturated carbocycles. The van der Waals surface area contributed by atoms with Crippen LogP contribution in [0.1, 0.15) is 37.3 Å². The summed E-state index contributed by atoms with van der Waals surface area (Å²) in [4.78, 5) is 12.1. The van der Waals surface area contributed by atoms with Gasteiger partial charge in [-0.1, -0.05) is 36.9 Å². The van der Waals surface area contributed by atoms with Gasteiger partial charge >= 0.3 is 0 Å². The number of anilines is 1. The van der Waals surface area contributed by atoms with Crippen LogP contribution in [-0.2, 0) is 11.2 Å². The minimum absolute atomic E-state index is 0. The quantitative estimate of drug-likeness (QED) is 0.762. The van der Waals surface area contributed by atoms with Crippen LogP contribution in [0.25, 0.3) is 0 Å². The number of halogens is 1. The summed E-state index contributed by atoms with van der Waals surface area (Å²) in [6, 6.07) is 7.97. The van der Waals surface area contributed by atoms with Crippen molar-refractivity contribution in [3.63, 3.8) is 0 Å². The highest BCUT2D eigenvalue weighted by Crippen LogP contribution is 2.25. The number of rotatable bonds is 6. The van der Waals surface area contributed by atoms with Crippen LogP contribution in [0.15, 0.2) is 33.9 Å². The highest BCUT2D eigenvalue weighted by molar-refractivity contribution is 7.99. The lowest BCUT2D eigenvalue weighted by molar-refractivity contribution is -0.113. The van der Waals surface area contributed by atoms with Crippen molar-refractivity contribution < 1.29 is 9.21 Å². The molecule has 1 fully saturated rings. The van der Waals surface area contributed by atoms with Crippen LogP contribution in [0.2, 0.25) is 0 Å². The zero-order valence-corrected chi connectivity index (χ0v) is 15.1. The number of aryl methyl sites for hydroxylation is 1. The van der Waals surface area contributed by atoms with E-state index in [9.17, 15) is 4.79 Å². The molecule has 2 aromatic rings. The van der Waals surface area contributed by atoms with Gasteiger partial charge < -0.3 is 15.1 Å². The molecule has 2 N–H and O–H groups in total. The summed E-state index contributed by atoms with van der Waals surface area (Å²) in [6.07, 6.45) is 3.01. The second kappa shape index (κ2) is 9.05.